The number of sulfonamides is 1. The fourth-order valence-electron chi connectivity index (χ4n) is 2.01. The summed E-state index contributed by atoms with van der Waals surface area (Å²) in [6.45, 7) is 0.796. The van der Waals surface area contributed by atoms with E-state index >= 15 is 0 Å². The topological polar surface area (TPSA) is 63.4 Å². The SMILES string of the molecule is Cl.NC1CCCN(S(=O)(=O)c2cccc(Cl)c2Cl)C1. The summed E-state index contributed by atoms with van der Waals surface area (Å²) in [4.78, 5) is 0.0470. The van der Waals surface area contributed by atoms with Crippen LogP contribution < -0.4 is 5.73 Å². The Kier molecular flexibility index (Phi) is 5.92. The van der Waals surface area contributed by atoms with Crippen molar-refractivity contribution in [2.24, 2.45) is 5.73 Å². The number of nitrogens with zero attached hydrogens (tertiary/aromatic N) is 1. The molecule has 0 radical (unpaired) electrons. The van der Waals surface area contributed by atoms with Crippen LogP contribution in [0.2, 0.25) is 10.0 Å². The summed E-state index contributed by atoms with van der Waals surface area (Å²) in [6.07, 6.45) is 1.61. The van der Waals surface area contributed by atoms with Gasteiger partial charge in [0.05, 0.1) is 10.0 Å². The van der Waals surface area contributed by atoms with Gasteiger partial charge >= 0.3 is 0 Å². The lowest BCUT2D eigenvalue weighted by Crippen LogP contribution is -2.45. The van der Waals surface area contributed by atoms with E-state index in [1.54, 1.807) is 12.1 Å². The van der Waals surface area contributed by atoms with Gasteiger partial charge in [-0.05, 0) is 25.0 Å². The molecule has 1 aromatic carbocycles. The van der Waals surface area contributed by atoms with Crippen LogP contribution in [0.15, 0.2) is 23.1 Å². The second kappa shape index (κ2) is 6.61. The molecular weight excluding hydrogens is 331 g/mol. The summed E-state index contributed by atoms with van der Waals surface area (Å²) in [5.41, 5.74) is 5.80. The van der Waals surface area contributed by atoms with Crippen molar-refractivity contribution in [2.45, 2.75) is 23.8 Å². The standard InChI is InChI=1S/C11H14Cl2N2O2S.ClH/c12-9-4-1-5-10(11(9)13)18(16,17)15-6-2-3-8(14)7-15;/h1,4-5,8H,2-3,6-7,14H2;1H. The molecule has 108 valence electrons. The lowest BCUT2D eigenvalue weighted by molar-refractivity contribution is 0.316. The maximum Gasteiger partial charge on any atom is 0.244 e. The molecule has 2 rings (SSSR count). The molecule has 4 nitrogen and oxygen atoms in total. The Morgan fingerprint density at radius 1 is 1.32 bits per heavy atom. The average Bonchev–Trinajstić information content (AvgIpc) is 2.32. The van der Waals surface area contributed by atoms with Crippen molar-refractivity contribution in [2.75, 3.05) is 13.1 Å². The molecule has 1 unspecified atom stereocenters. The van der Waals surface area contributed by atoms with Gasteiger partial charge < -0.3 is 5.73 Å². The van der Waals surface area contributed by atoms with Gasteiger partial charge in [0.1, 0.15) is 4.90 Å². The molecule has 1 saturated heterocycles. The number of benzene rings is 1. The molecule has 1 fully saturated rings. The Hall–Kier alpha value is -0.0400. The van der Waals surface area contributed by atoms with E-state index in [0.717, 1.165) is 12.8 Å². The predicted octanol–water partition coefficient (Wildman–Crippen LogP) is 2.53. The van der Waals surface area contributed by atoms with Crippen molar-refractivity contribution in [1.82, 2.24) is 4.31 Å². The quantitative estimate of drug-likeness (QED) is 0.896. The van der Waals surface area contributed by atoms with Crippen LogP contribution in [0.4, 0.5) is 0 Å². The zero-order chi connectivity index (χ0) is 13.3. The highest BCUT2D eigenvalue weighted by Gasteiger charge is 2.30. The largest absolute Gasteiger partial charge is 0.327 e. The number of piperidine rings is 1. The summed E-state index contributed by atoms with van der Waals surface area (Å²) >= 11 is 11.8. The van der Waals surface area contributed by atoms with Gasteiger partial charge in [-0.2, -0.15) is 4.31 Å². The van der Waals surface area contributed by atoms with Crippen LogP contribution in [0.5, 0.6) is 0 Å². The molecule has 0 saturated carbocycles. The molecule has 0 spiro atoms. The third-order valence-electron chi connectivity index (χ3n) is 2.95. The van der Waals surface area contributed by atoms with E-state index in [1.165, 1.54) is 10.4 Å². The van der Waals surface area contributed by atoms with Crippen molar-refractivity contribution >= 4 is 45.6 Å². The van der Waals surface area contributed by atoms with E-state index in [2.05, 4.69) is 0 Å². The van der Waals surface area contributed by atoms with E-state index in [-0.39, 0.29) is 33.4 Å². The second-order valence-corrected chi connectivity index (χ2v) is 7.01. The minimum absolute atomic E-state index is 0. The first kappa shape index (κ1) is 17.0. The van der Waals surface area contributed by atoms with Crippen molar-refractivity contribution < 1.29 is 8.42 Å². The van der Waals surface area contributed by atoms with Gasteiger partial charge in [0, 0.05) is 19.1 Å². The van der Waals surface area contributed by atoms with Gasteiger partial charge in [-0.3, -0.25) is 0 Å². The monoisotopic (exact) mass is 344 g/mol. The fourth-order valence-corrected chi connectivity index (χ4v) is 4.29. The highest BCUT2D eigenvalue weighted by molar-refractivity contribution is 7.89. The molecule has 1 heterocycles. The molecule has 1 aliphatic heterocycles. The van der Waals surface area contributed by atoms with Crippen LogP contribution in [0.1, 0.15) is 12.8 Å². The van der Waals surface area contributed by atoms with Gasteiger partial charge in [0.25, 0.3) is 0 Å². The highest BCUT2D eigenvalue weighted by atomic mass is 35.5. The third-order valence-corrected chi connectivity index (χ3v) is 5.79. The molecule has 0 bridgehead atoms. The van der Waals surface area contributed by atoms with Gasteiger partial charge in [0.2, 0.25) is 10.0 Å². The summed E-state index contributed by atoms with van der Waals surface area (Å²) in [6, 6.07) is 4.48. The van der Waals surface area contributed by atoms with Crippen molar-refractivity contribution in [3.05, 3.63) is 28.2 Å². The number of halogens is 3. The lowest BCUT2D eigenvalue weighted by Gasteiger charge is -2.30. The molecule has 1 atom stereocenters. The van der Waals surface area contributed by atoms with Crippen LogP contribution in [0.3, 0.4) is 0 Å². The smallest absolute Gasteiger partial charge is 0.244 e. The summed E-state index contributed by atoms with van der Waals surface area (Å²) in [7, 11) is -3.61. The zero-order valence-corrected chi connectivity index (χ0v) is 13.2. The average molecular weight is 346 g/mol. The Balaban J connectivity index is 0.00000180. The van der Waals surface area contributed by atoms with Crippen LogP contribution in [0, 0.1) is 0 Å². The zero-order valence-electron chi connectivity index (χ0n) is 10.1. The summed E-state index contributed by atoms with van der Waals surface area (Å²) < 4.78 is 26.2. The first-order chi connectivity index (χ1) is 8.43. The van der Waals surface area contributed by atoms with E-state index in [9.17, 15) is 8.42 Å². The van der Waals surface area contributed by atoms with Gasteiger partial charge in [-0.15, -0.1) is 12.4 Å². The minimum atomic E-state index is -3.61. The van der Waals surface area contributed by atoms with Crippen LogP contribution in [-0.2, 0) is 10.0 Å². The maximum absolute atomic E-state index is 12.4. The van der Waals surface area contributed by atoms with E-state index < -0.39 is 10.0 Å². The fraction of sp³-hybridized carbons (Fsp3) is 0.455. The van der Waals surface area contributed by atoms with Crippen molar-refractivity contribution in [3.8, 4) is 0 Å². The number of hydrogen-bond acceptors (Lipinski definition) is 3. The molecule has 0 aromatic heterocycles. The Labute approximate surface area is 129 Å². The molecule has 1 aromatic rings. The molecule has 19 heavy (non-hydrogen) atoms. The molecule has 0 aliphatic carbocycles. The Bertz CT molecular complexity index is 551. The molecule has 2 N–H and O–H groups in total. The summed E-state index contributed by atoms with van der Waals surface area (Å²) in [5, 5.41) is 0.303. The molecule has 8 heteroatoms. The highest BCUT2D eigenvalue weighted by Crippen LogP contribution is 2.31. The van der Waals surface area contributed by atoms with Gasteiger partial charge in [0.15, 0.2) is 0 Å². The van der Waals surface area contributed by atoms with E-state index in [1.807, 2.05) is 0 Å². The van der Waals surface area contributed by atoms with Crippen LogP contribution in [-0.4, -0.2) is 31.9 Å². The summed E-state index contributed by atoms with van der Waals surface area (Å²) in [5.74, 6) is 0. The molecular formula is C11H15Cl3N2O2S. The first-order valence-corrected chi connectivity index (χ1v) is 7.82. The Morgan fingerprint density at radius 2 is 2.00 bits per heavy atom. The lowest BCUT2D eigenvalue weighted by atomic mass is 10.1. The molecule has 0 amide bonds. The minimum Gasteiger partial charge on any atom is -0.327 e. The van der Waals surface area contributed by atoms with E-state index in [4.69, 9.17) is 28.9 Å². The normalized spacial score (nSPS) is 20.9. The van der Waals surface area contributed by atoms with Crippen molar-refractivity contribution in [3.63, 3.8) is 0 Å². The first-order valence-electron chi connectivity index (χ1n) is 5.62. The second-order valence-electron chi connectivity index (χ2n) is 4.32. The number of rotatable bonds is 2. The van der Waals surface area contributed by atoms with Crippen molar-refractivity contribution in [1.29, 1.82) is 0 Å². The Morgan fingerprint density at radius 3 is 2.63 bits per heavy atom. The number of nitrogens with two attached hydrogens (primary N) is 1. The maximum atomic E-state index is 12.4. The predicted molar refractivity (Wildman–Crippen MR) is 79.7 cm³/mol. The number of hydrogen-bond donors (Lipinski definition) is 1. The van der Waals surface area contributed by atoms with Gasteiger partial charge in [-0.1, -0.05) is 29.3 Å². The van der Waals surface area contributed by atoms with E-state index in [0.29, 0.717) is 13.1 Å². The third kappa shape index (κ3) is 3.54. The van der Waals surface area contributed by atoms with Crippen LogP contribution in [0.25, 0.3) is 0 Å². The molecule has 1 aliphatic rings. The van der Waals surface area contributed by atoms with Gasteiger partial charge in [-0.25, -0.2) is 8.42 Å². The van der Waals surface area contributed by atoms with Crippen LogP contribution >= 0.6 is 35.6 Å².